The smallest absolute Gasteiger partial charge is 0.319 e. The van der Waals surface area contributed by atoms with Crippen molar-refractivity contribution in [2.45, 2.75) is 33.3 Å². The second-order valence-electron chi connectivity index (χ2n) is 4.89. The minimum absolute atomic E-state index is 0.212. The zero-order valence-corrected chi connectivity index (χ0v) is 11.2. The Morgan fingerprint density at radius 2 is 1.89 bits per heavy atom. The average Bonchev–Trinajstić information content (AvgIpc) is 2.29. The van der Waals surface area contributed by atoms with Gasteiger partial charge in [0.1, 0.15) is 0 Å². The monoisotopic (exact) mass is 250 g/mol. The van der Waals surface area contributed by atoms with E-state index in [1.807, 2.05) is 38.1 Å². The lowest BCUT2D eigenvalue weighted by molar-refractivity contribution is 0.163. The molecule has 18 heavy (non-hydrogen) atoms. The number of nitrogens with one attached hydrogen (secondary N) is 2. The zero-order valence-electron chi connectivity index (χ0n) is 11.2. The molecule has 0 saturated carbocycles. The van der Waals surface area contributed by atoms with E-state index in [0.29, 0.717) is 13.0 Å². The predicted molar refractivity (Wildman–Crippen MR) is 73.7 cm³/mol. The molecule has 0 aliphatic rings. The highest BCUT2D eigenvalue weighted by Gasteiger charge is 2.08. The van der Waals surface area contributed by atoms with E-state index in [2.05, 4.69) is 10.6 Å². The van der Waals surface area contributed by atoms with Crippen LogP contribution >= 0.6 is 0 Å². The number of rotatable bonds is 5. The summed E-state index contributed by atoms with van der Waals surface area (Å²) in [4.78, 5) is 11.6. The number of amides is 2. The van der Waals surface area contributed by atoms with Crippen LogP contribution in [-0.2, 0) is 0 Å². The number of aliphatic hydroxyl groups is 1. The Hall–Kier alpha value is -1.55. The molecule has 3 N–H and O–H groups in total. The van der Waals surface area contributed by atoms with Crippen molar-refractivity contribution in [2.24, 2.45) is 5.92 Å². The number of aliphatic hydroxyl groups excluding tert-OH is 1. The second kappa shape index (κ2) is 7.01. The lowest BCUT2D eigenvalue weighted by Gasteiger charge is -2.14. The molecule has 1 aromatic carbocycles. The first-order valence-electron chi connectivity index (χ1n) is 6.27. The molecule has 1 rings (SSSR count). The fourth-order valence-corrected chi connectivity index (χ4v) is 1.74. The van der Waals surface area contributed by atoms with Crippen LogP contribution in [0.3, 0.4) is 0 Å². The number of hydrogen-bond acceptors (Lipinski definition) is 2. The van der Waals surface area contributed by atoms with E-state index in [1.54, 1.807) is 6.92 Å². The van der Waals surface area contributed by atoms with Gasteiger partial charge in [-0.1, -0.05) is 24.6 Å². The molecule has 0 radical (unpaired) electrons. The molecule has 4 heteroatoms. The quantitative estimate of drug-likeness (QED) is 0.752. The first-order chi connectivity index (χ1) is 8.47. The van der Waals surface area contributed by atoms with Crippen LogP contribution < -0.4 is 10.6 Å². The van der Waals surface area contributed by atoms with E-state index in [9.17, 15) is 9.90 Å². The molecule has 4 nitrogen and oxygen atoms in total. The van der Waals surface area contributed by atoms with Crippen LogP contribution in [0.1, 0.15) is 25.8 Å². The molecule has 0 fully saturated rings. The van der Waals surface area contributed by atoms with Crippen LogP contribution in [0.25, 0.3) is 0 Å². The molecule has 0 spiro atoms. The lowest BCUT2D eigenvalue weighted by Crippen LogP contribution is -2.33. The van der Waals surface area contributed by atoms with Crippen molar-refractivity contribution < 1.29 is 9.90 Å². The summed E-state index contributed by atoms with van der Waals surface area (Å²) < 4.78 is 0. The third-order valence-electron chi connectivity index (χ3n) is 2.66. The van der Waals surface area contributed by atoms with Gasteiger partial charge < -0.3 is 15.7 Å². The summed E-state index contributed by atoms with van der Waals surface area (Å²) in [6.45, 7) is 6.31. The Balaban J connectivity index is 2.31. The minimum atomic E-state index is -0.332. The van der Waals surface area contributed by atoms with E-state index in [1.165, 1.54) is 0 Å². The van der Waals surface area contributed by atoms with Gasteiger partial charge in [-0.25, -0.2) is 4.79 Å². The van der Waals surface area contributed by atoms with Crippen LogP contribution in [0.4, 0.5) is 10.5 Å². The summed E-state index contributed by atoms with van der Waals surface area (Å²) in [6, 6.07) is 7.43. The summed E-state index contributed by atoms with van der Waals surface area (Å²) in [7, 11) is 0. The maximum Gasteiger partial charge on any atom is 0.319 e. The number of hydrogen-bond donors (Lipinski definition) is 3. The Morgan fingerprint density at radius 1 is 1.28 bits per heavy atom. The van der Waals surface area contributed by atoms with Gasteiger partial charge in [0.15, 0.2) is 0 Å². The van der Waals surface area contributed by atoms with E-state index in [-0.39, 0.29) is 18.1 Å². The molecular formula is C14H22N2O2. The van der Waals surface area contributed by atoms with Gasteiger partial charge in [-0.2, -0.15) is 0 Å². The molecule has 2 amide bonds. The Morgan fingerprint density at radius 3 is 2.44 bits per heavy atom. The molecule has 0 bridgehead atoms. The number of urea groups is 1. The highest BCUT2D eigenvalue weighted by atomic mass is 16.3. The van der Waals surface area contributed by atoms with Gasteiger partial charge in [-0.15, -0.1) is 0 Å². The van der Waals surface area contributed by atoms with E-state index < -0.39 is 0 Å². The normalized spacial score (nSPS) is 13.8. The maximum absolute atomic E-state index is 11.6. The highest BCUT2D eigenvalue weighted by molar-refractivity contribution is 5.89. The molecule has 1 aromatic rings. The molecule has 0 aliphatic carbocycles. The summed E-state index contributed by atoms with van der Waals surface area (Å²) in [5.74, 6) is 0.258. The first kappa shape index (κ1) is 14.5. The number of carbonyl (C=O) groups excluding carboxylic acids is 1. The summed E-state index contributed by atoms with van der Waals surface area (Å²) in [5.41, 5.74) is 1.94. The SMILES string of the molecule is Cc1ccc(NC(=O)NCC(C)CC(C)O)cc1. The summed E-state index contributed by atoms with van der Waals surface area (Å²) in [6.07, 6.45) is 0.354. The minimum Gasteiger partial charge on any atom is -0.393 e. The third-order valence-corrected chi connectivity index (χ3v) is 2.66. The summed E-state index contributed by atoms with van der Waals surface area (Å²) >= 11 is 0. The third kappa shape index (κ3) is 5.68. The van der Waals surface area contributed by atoms with Gasteiger partial charge in [0.05, 0.1) is 6.10 Å². The van der Waals surface area contributed by atoms with Gasteiger partial charge in [-0.3, -0.25) is 0 Å². The fraction of sp³-hybridized carbons (Fsp3) is 0.500. The Labute approximate surface area is 108 Å². The van der Waals surface area contributed by atoms with Gasteiger partial charge in [0.2, 0.25) is 0 Å². The molecule has 0 heterocycles. The zero-order chi connectivity index (χ0) is 13.5. The van der Waals surface area contributed by atoms with Crippen LogP contribution in [0, 0.1) is 12.8 Å². The number of benzene rings is 1. The molecule has 2 unspecified atom stereocenters. The van der Waals surface area contributed by atoms with Crippen LogP contribution in [0.15, 0.2) is 24.3 Å². The number of anilines is 1. The molecule has 2 atom stereocenters. The van der Waals surface area contributed by atoms with Crippen molar-refractivity contribution >= 4 is 11.7 Å². The fourth-order valence-electron chi connectivity index (χ4n) is 1.74. The van der Waals surface area contributed by atoms with Gasteiger partial charge in [0.25, 0.3) is 0 Å². The summed E-state index contributed by atoms with van der Waals surface area (Å²) in [5, 5.41) is 14.8. The Kier molecular flexibility index (Phi) is 5.65. The van der Waals surface area contributed by atoms with Crippen molar-refractivity contribution in [1.82, 2.24) is 5.32 Å². The van der Waals surface area contributed by atoms with E-state index in [0.717, 1.165) is 11.3 Å². The van der Waals surface area contributed by atoms with Crippen LogP contribution in [0.2, 0.25) is 0 Å². The average molecular weight is 250 g/mol. The predicted octanol–water partition coefficient (Wildman–Crippen LogP) is 2.52. The Bertz CT molecular complexity index is 374. The molecule has 100 valence electrons. The van der Waals surface area contributed by atoms with Crippen LogP contribution in [0.5, 0.6) is 0 Å². The van der Waals surface area contributed by atoms with E-state index >= 15 is 0 Å². The van der Waals surface area contributed by atoms with Crippen LogP contribution in [-0.4, -0.2) is 23.8 Å². The topological polar surface area (TPSA) is 61.4 Å². The molecule has 0 aliphatic heterocycles. The van der Waals surface area contributed by atoms with Crippen molar-refractivity contribution in [3.8, 4) is 0 Å². The van der Waals surface area contributed by atoms with Gasteiger partial charge in [-0.05, 0) is 38.3 Å². The number of carbonyl (C=O) groups is 1. The van der Waals surface area contributed by atoms with Crippen molar-refractivity contribution in [3.63, 3.8) is 0 Å². The van der Waals surface area contributed by atoms with Gasteiger partial charge in [0, 0.05) is 12.2 Å². The molecule has 0 aromatic heterocycles. The van der Waals surface area contributed by atoms with Crippen molar-refractivity contribution in [2.75, 3.05) is 11.9 Å². The number of aryl methyl sites for hydroxylation is 1. The highest BCUT2D eigenvalue weighted by Crippen LogP contribution is 2.08. The maximum atomic E-state index is 11.6. The first-order valence-corrected chi connectivity index (χ1v) is 6.27. The lowest BCUT2D eigenvalue weighted by atomic mass is 10.1. The largest absolute Gasteiger partial charge is 0.393 e. The van der Waals surface area contributed by atoms with E-state index in [4.69, 9.17) is 0 Å². The molecule has 0 saturated heterocycles. The van der Waals surface area contributed by atoms with Crippen molar-refractivity contribution in [1.29, 1.82) is 0 Å². The molecular weight excluding hydrogens is 228 g/mol. The second-order valence-corrected chi connectivity index (χ2v) is 4.89. The van der Waals surface area contributed by atoms with Crippen molar-refractivity contribution in [3.05, 3.63) is 29.8 Å². The van der Waals surface area contributed by atoms with Gasteiger partial charge >= 0.3 is 6.03 Å². The standard InChI is InChI=1S/C14H22N2O2/c1-10-4-6-13(7-5-10)16-14(18)15-9-11(2)8-12(3)17/h4-7,11-12,17H,8-9H2,1-3H3,(H2,15,16,18).